The quantitative estimate of drug-likeness (QED) is 0.239. The highest BCUT2D eigenvalue weighted by molar-refractivity contribution is 5.95. The van der Waals surface area contributed by atoms with E-state index in [1.54, 1.807) is 13.2 Å². The van der Waals surface area contributed by atoms with E-state index in [1.165, 1.54) is 44.1 Å². The molecule has 1 aromatic carbocycles. The van der Waals surface area contributed by atoms with Gasteiger partial charge >= 0.3 is 0 Å². The molecule has 0 heterocycles. The fourth-order valence-corrected chi connectivity index (χ4v) is 3.22. The summed E-state index contributed by atoms with van der Waals surface area (Å²) >= 11 is 0. The Morgan fingerprint density at radius 1 is 1.19 bits per heavy atom. The topological polar surface area (TPSA) is 65.9 Å². The molecule has 2 rings (SSSR count). The van der Waals surface area contributed by atoms with Crippen LogP contribution >= 0.6 is 0 Å². The van der Waals surface area contributed by atoms with Gasteiger partial charge in [0.2, 0.25) is 0 Å². The molecule has 26 heavy (non-hydrogen) atoms. The molecule has 1 saturated carbocycles. The highest BCUT2D eigenvalue weighted by Crippen LogP contribution is 2.30. The second kappa shape index (κ2) is 9.81. The monoisotopic (exact) mass is 361 g/mol. The summed E-state index contributed by atoms with van der Waals surface area (Å²) in [5.41, 5.74) is 1.88. The summed E-state index contributed by atoms with van der Waals surface area (Å²) in [6.07, 6.45) is 7.48. The fraction of sp³-hybridized carbons (Fsp3) is 0.667. The van der Waals surface area contributed by atoms with E-state index in [9.17, 15) is 5.11 Å². The lowest BCUT2D eigenvalue weighted by molar-refractivity contribution is 0.208. The molecule has 1 aromatic rings. The van der Waals surface area contributed by atoms with Gasteiger partial charge in [0, 0.05) is 13.2 Å². The first-order valence-corrected chi connectivity index (χ1v) is 9.80. The molecule has 0 aliphatic heterocycles. The number of phenolic OH excluding ortho intramolecular Hbond substituents is 1. The van der Waals surface area contributed by atoms with Crippen molar-refractivity contribution < 1.29 is 9.84 Å². The Labute approximate surface area is 158 Å². The molecule has 0 aromatic heterocycles. The normalized spacial score (nSPS) is 17.0. The van der Waals surface area contributed by atoms with Crippen molar-refractivity contribution in [3.8, 4) is 5.75 Å². The van der Waals surface area contributed by atoms with Crippen LogP contribution in [0.1, 0.15) is 64.9 Å². The number of rotatable bonds is 5. The van der Waals surface area contributed by atoms with E-state index in [0.29, 0.717) is 24.9 Å². The maximum Gasteiger partial charge on any atom is 0.196 e. The first-order chi connectivity index (χ1) is 12.4. The fourth-order valence-electron chi connectivity index (χ4n) is 3.22. The standard InChI is InChI=1S/C21H35N3O2/c1-21(2,3)16-11-12-19(25)18(15-16)24-20(22-13-14-26-4)23-17-9-7-5-6-8-10-17/h11-12,15,17,25H,5-10,13-14H2,1-4H3,(H2,22,23,24). The molecule has 5 heteroatoms. The Hall–Kier alpha value is -1.75. The summed E-state index contributed by atoms with van der Waals surface area (Å²) in [6, 6.07) is 6.16. The van der Waals surface area contributed by atoms with Crippen LogP contribution in [0.5, 0.6) is 5.75 Å². The van der Waals surface area contributed by atoms with Gasteiger partial charge < -0.3 is 20.5 Å². The van der Waals surface area contributed by atoms with E-state index in [4.69, 9.17) is 4.74 Å². The average Bonchev–Trinajstić information content (AvgIpc) is 2.84. The van der Waals surface area contributed by atoms with Crippen LogP contribution in [0.3, 0.4) is 0 Å². The maximum atomic E-state index is 10.3. The van der Waals surface area contributed by atoms with Crippen LogP contribution < -0.4 is 10.6 Å². The number of nitrogens with one attached hydrogen (secondary N) is 2. The Morgan fingerprint density at radius 2 is 1.88 bits per heavy atom. The summed E-state index contributed by atoms with van der Waals surface area (Å²) < 4.78 is 5.13. The molecule has 0 spiro atoms. The van der Waals surface area contributed by atoms with Crippen molar-refractivity contribution in [2.24, 2.45) is 4.99 Å². The summed E-state index contributed by atoms with van der Waals surface area (Å²) in [6.45, 7) is 7.66. The molecule has 0 saturated heterocycles. The molecule has 3 N–H and O–H groups in total. The van der Waals surface area contributed by atoms with E-state index < -0.39 is 0 Å². The smallest absolute Gasteiger partial charge is 0.196 e. The van der Waals surface area contributed by atoms with Gasteiger partial charge in [-0.2, -0.15) is 0 Å². The molecule has 1 aliphatic rings. The molecule has 1 fully saturated rings. The molecule has 1 aliphatic carbocycles. The van der Waals surface area contributed by atoms with Crippen LogP contribution in [0.4, 0.5) is 5.69 Å². The first kappa shape index (κ1) is 20.6. The second-order valence-corrected chi connectivity index (χ2v) is 8.16. The zero-order chi connectivity index (χ0) is 19.0. The number of anilines is 1. The molecule has 0 radical (unpaired) electrons. The minimum Gasteiger partial charge on any atom is -0.506 e. The molecular weight excluding hydrogens is 326 g/mol. The van der Waals surface area contributed by atoms with Crippen LogP contribution in [-0.4, -0.2) is 37.4 Å². The average molecular weight is 362 g/mol. The molecular formula is C21H35N3O2. The highest BCUT2D eigenvalue weighted by atomic mass is 16.5. The maximum absolute atomic E-state index is 10.3. The van der Waals surface area contributed by atoms with Crippen molar-refractivity contribution in [2.45, 2.75) is 70.8 Å². The lowest BCUT2D eigenvalue weighted by Crippen LogP contribution is -2.39. The number of ether oxygens (including phenoxy) is 1. The predicted molar refractivity (Wildman–Crippen MR) is 109 cm³/mol. The molecule has 0 unspecified atom stereocenters. The highest BCUT2D eigenvalue weighted by Gasteiger charge is 2.18. The van der Waals surface area contributed by atoms with Crippen molar-refractivity contribution in [1.29, 1.82) is 0 Å². The molecule has 0 atom stereocenters. The number of aliphatic imine (C=N–C) groups is 1. The van der Waals surface area contributed by atoms with Crippen molar-refractivity contribution in [3.05, 3.63) is 23.8 Å². The van der Waals surface area contributed by atoms with E-state index in [0.717, 1.165) is 5.96 Å². The Morgan fingerprint density at radius 3 is 2.50 bits per heavy atom. The second-order valence-electron chi connectivity index (χ2n) is 8.16. The Balaban J connectivity index is 2.16. The van der Waals surface area contributed by atoms with Gasteiger partial charge in [-0.3, -0.25) is 4.99 Å². The molecule has 0 bridgehead atoms. The number of aromatic hydroxyl groups is 1. The third kappa shape index (κ3) is 6.52. The summed E-state index contributed by atoms with van der Waals surface area (Å²) in [5, 5.41) is 17.2. The molecule has 5 nitrogen and oxygen atoms in total. The van der Waals surface area contributed by atoms with Gasteiger partial charge in [0.25, 0.3) is 0 Å². The minimum absolute atomic E-state index is 0.0200. The number of guanidine groups is 1. The number of nitrogens with zero attached hydrogens (tertiary/aromatic N) is 1. The zero-order valence-corrected chi connectivity index (χ0v) is 16.8. The predicted octanol–water partition coefficient (Wildman–Crippen LogP) is 4.42. The van der Waals surface area contributed by atoms with Crippen LogP contribution in [0.15, 0.2) is 23.2 Å². The van der Waals surface area contributed by atoms with Gasteiger partial charge in [-0.25, -0.2) is 0 Å². The van der Waals surface area contributed by atoms with Gasteiger partial charge in [-0.1, -0.05) is 52.5 Å². The Bertz CT molecular complexity index is 585. The lowest BCUT2D eigenvalue weighted by atomic mass is 9.87. The SMILES string of the molecule is COCCN=C(Nc1cc(C(C)(C)C)ccc1O)NC1CCCCCC1. The number of hydrogen-bond acceptors (Lipinski definition) is 3. The van der Waals surface area contributed by atoms with E-state index in [-0.39, 0.29) is 11.2 Å². The Kier molecular flexibility index (Phi) is 7.76. The van der Waals surface area contributed by atoms with Crippen LogP contribution in [0.2, 0.25) is 0 Å². The van der Waals surface area contributed by atoms with Gasteiger partial charge in [0.15, 0.2) is 5.96 Å². The van der Waals surface area contributed by atoms with Gasteiger partial charge in [0.05, 0.1) is 18.8 Å². The van der Waals surface area contributed by atoms with Crippen molar-refractivity contribution in [3.63, 3.8) is 0 Å². The number of hydrogen-bond donors (Lipinski definition) is 3. The molecule has 146 valence electrons. The number of phenols is 1. The van der Waals surface area contributed by atoms with Crippen LogP contribution in [0.25, 0.3) is 0 Å². The van der Waals surface area contributed by atoms with Gasteiger partial charge in [-0.05, 0) is 36.0 Å². The van der Waals surface area contributed by atoms with E-state index in [1.807, 2.05) is 12.1 Å². The third-order valence-corrected chi connectivity index (χ3v) is 4.88. The summed E-state index contributed by atoms with van der Waals surface area (Å²) in [5.74, 6) is 0.954. The van der Waals surface area contributed by atoms with Crippen molar-refractivity contribution in [2.75, 3.05) is 25.6 Å². The molecule has 0 amide bonds. The van der Waals surface area contributed by atoms with Crippen LogP contribution in [-0.2, 0) is 10.2 Å². The number of benzene rings is 1. The van der Waals surface area contributed by atoms with E-state index >= 15 is 0 Å². The van der Waals surface area contributed by atoms with Gasteiger partial charge in [-0.15, -0.1) is 0 Å². The van der Waals surface area contributed by atoms with Crippen molar-refractivity contribution in [1.82, 2.24) is 5.32 Å². The number of methoxy groups -OCH3 is 1. The largest absolute Gasteiger partial charge is 0.506 e. The van der Waals surface area contributed by atoms with Crippen LogP contribution in [0, 0.1) is 0 Å². The first-order valence-electron chi connectivity index (χ1n) is 9.80. The summed E-state index contributed by atoms with van der Waals surface area (Å²) in [7, 11) is 1.68. The van der Waals surface area contributed by atoms with Gasteiger partial charge in [0.1, 0.15) is 5.75 Å². The van der Waals surface area contributed by atoms with E-state index in [2.05, 4.69) is 36.4 Å². The summed E-state index contributed by atoms with van der Waals surface area (Å²) in [4.78, 5) is 4.62. The zero-order valence-electron chi connectivity index (χ0n) is 16.8. The lowest BCUT2D eigenvalue weighted by Gasteiger charge is -2.23. The third-order valence-electron chi connectivity index (χ3n) is 4.88. The van der Waals surface area contributed by atoms with Crippen molar-refractivity contribution >= 4 is 11.6 Å². The minimum atomic E-state index is 0.0200.